The number of aryl methyl sites for hydroxylation is 1. The molecule has 21 heavy (non-hydrogen) atoms. The second kappa shape index (κ2) is 7.09. The van der Waals surface area contributed by atoms with Gasteiger partial charge in [0.25, 0.3) is 0 Å². The fourth-order valence-corrected chi connectivity index (χ4v) is 2.05. The summed E-state index contributed by atoms with van der Waals surface area (Å²) in [6.45, 7) is 3.45. The molecule has 0 saturated heterocycles. The van der Waals surface area contributed by atoms with Gasteiger partial charge in [0.15, 0.2) is 0 Å². The third-order valence-corrected chi connectivity index (χ3v) is 3.28. The summed E-state index contributed by atoms with van der Waals surface area (Å²) in [6, 6.07) is 15.4. The molecule has 1 atom stereocenters. The molecule has 0 N–H and O–H groups in total. The number of hydrogen-bond acceptors (Lipinski definition) is 2. The van der Waals surface area contributed by atoms with Crippen LogP contribution in [-0.2, 0) is 9.53 Å². The van der Waals surface area contributed by atoms with Gasteiger partial charge in [-0.3, -0.25) is 4.79 Å². The molecule has 0 aliphatic rings. The Kier molecular flexibility index (Phi) is 5.18. The zero-order valence-corrected chi connectivity index (χ0v) is 12.8. The molecule has 0 aliphatic carbocycles. The Labute approximate surface area is 130 Å². The number of ether oxygens (including phenoxy) is 1. The van der Waals surface area contributed by atoms with E-state index in [1.807, 2.05) is 55.5 Å². The van der Waals surface area contributed by atoms with E-state index in [-0.39, 0.29) is 5.97 Å². The minimum absolute atomic E-state index is 0.316. The monoisotopic (exact) mass is 300 g/mol. The molecule has 2 aromatic carbocycles. The van der Waals surface area contributed by atoms with Crippen LogP contribution in [0.2, 0.25) is 5.02 Å². The fraction of sp³-hybridized carbons (Fsp3) is 0.167. The number of carbonyl (C=O) groups is 1. The Hall–Kier alpha value is -2.06. The van der Waals surface area contributed by atoms with Crippen LogP contribution in [0, 0.1) is 6.92 Å². The maximum absolute atomic E-state index is 11.3. The van der Waals surface area contributed by atoms with E-state index in [0.29, 0.717) is 5.02 Å². The number of halogens is 1. The van der Waals surface area contributed by atoms with Crippen molar-refractivity contribution in [2.24, 2.45) is 0 Å². The second-order valence-electron chi connectivity index (χ2n) is 4.85. The molecule has 2 aromatic rings. The SMILES string of the molecule is CC(=O)OC(/C=C/c1ccc(C)cc1)c1ccc(Cl)cc1. The van der Waals surface area contributed by atoms with Crippen LogP contribution in [0.3, 0.4) is 0 Å². The summed E-state index contributed by atoms with van der Waals surface area (Å²) in [7, 11) is 0. The minimum Gasteiger partial charge on any atom is -0.453 e. The molecular formula is C18H17ClO2. The van der Waals surface area contributed by atoms with Gasteiger partial charge in [-0.05, 0) is 36.3 Å². The Morgan fingerprint density at radius 3 is 2.29 bits per heavy atom. The van der Waals surface area contributed by atoms with Gasteiger partial charge in [-0.15, -0.1) is 0 Å². The quantitative estimate of drug-likeness (QED) is 0.745. The topological polar surface area (TPSA) is 26.3 Å². The first-order valence-corrected chi connectivity index (χ1v) is 7.10. The van der Waals surface area contributed by atoms with E-state index in [1.54, 1.807) is 12.1 Å². The van der Waals surface area contributed by atoms with Crippen molar-refractivity contribution in [1.82, 2.24) is 0 Å². The van der Waals surface area contributed by atoms with Crippen LogP contribution in [0.5, 0.6) is 0 Å². The minimum atomic E-state index is -0.416. The zero-order chi connectivity index (χ0) is 15.2. The fourth-order valence-electron chi connectivity index (χ4n) is 1.93. The molecule has 0 fully saturated rings. The van der Waals surface area contributed by atoms with Crippen molar-refractivity contribution in [1.29, 1.82) is 0 Å². The van der Waals surface area contributed by atoms with Crippen molar-refractivity contribution in [2.45, 2.75) is 20.0 Å². The molecule has 108 valence electrons. The number of benzene rings is 2. The Balaban J connectivity index is 2.21. The van der Waals surface area contributed by atoms with Gasteiger partial charge in [0.1, 0.15) is 6.10 Å². The first-order chi connectivity index (χ1) is 10.0. The molecule has 1 unspecified atom stereocenters. The first kappa shape index (κ1) is 15.3. The normalized spacial score (nSPS) is 12.3. The largest absolute Gasteiger partial charge is 0.453 e. The average molecular weight is 301 g/mol. The van der Waals surface area contributed by atoms with Crippen LogP contribution in [-0.4, -0.2) is 5.97 Å². The Morgan fingerprint density at radius 1 is 1.10 bits per heavy atom. The molecule has 2 rings (SSSR count). The van der Waals surface area contributed by atoms with Gasteiger partial charge in [-0.1, -0.05) is 59.6 Å². The van der Waals surface area contributed by atoms with Crippen LogP contribution < -0.4 is 0 Å². The highest BCUT2D eigenvalue weighted by Crippen LogP contribution is 2.22. The first-order valence-electron chi connectivity index (χ1n) is 6.72. The van der Waals surface area contributed by atoms with E-state index < -0.39 is 6.10 Å². The van der Waals surface area contributed by atoms with Crippen LogP contribution in [0.25, 0.3) is 6.08 Å². The molecule has 0 amide bonds. The molecule has 0 aromatic heterocycles. The van der Waals surface area contributed by atoms with Gasteiger partial charge in [-0.2, -0.15) is 0 Å². The summed E-state index contributed by atoms with van der Waals surface area (Å²) in [5.74, 6) is -0.316. The number of esters is 1. The van der Waals surface area contributed by atoms with Gasteiger partial charge < -0.3 is 4.74 Å². The van der Waals surface area contributed by atoms with E-state index in [1.165, 1.54) is 12.5 Å². The average Bonchev–Trinajstić information content (AvgIpc) is 2.46. The molecule has 0 heterocycles. The number of hydrogen-bond donors (Lipinski definition) is 0. The van der Waals surface area contributed by atoms with Gasteiger partial charge >= 0.3 is 5.97 Å². The molecule has 0 spiro atoms. The van der Waals surface area contributed by atoms with Gasteiger partial charge in [0, 0.05) is 11.9 Å². The molecule has 0 bridgehead atoms. The molecule has 3 heteroatoms. The van der Waals surface area contributed by atoms with Crippen molar-refractivity contribution in [2.75, 3.05) is 0 Å². The lowest BCUT2D eigenvalue weighted by Crippen LogP contribution is -2.06. The predicted octanol–water partition coefficient (Wildman–Crippen LogP) is 4.97. The summed E-state index contributed by atoms with van der Waals surface area (Å²) in [5.41, 5.74) is 3.16. The van der Waals surface area contributed by atoms with Crippen molar-refractivity contribution in [3.63, 3.8) is 0 Å². The van der Waals surface area contributed by atoms with E-state index in [4.69, 9.17) is 16.3 Å². The Bertz CT molecular complexity index is 627. The molecule has 2 nitrogen and oxygen atoms in total. The molecule has 0 aliphatic heterocycles. The standard InChI is InChI=1S/C18H17ClO2/c1-13-3-5-15(6-4-13)7-12-18(21-14(2)20)16-8-10-17(19)11-9-16/h3-12,18H,1-2H3/b12-7+. The summed E-state index contributed by atoms with van der Waals surface area (Å²) < 4.78 is 5.35. The van der Waals surface area contributed by atoms with E-state index in [2.05, 4.69) is 0 Å². The van der Waals surface area contributed by atoms with Gasteiger partial charge in [-0.25, -0.2) is 0 Å². The second-order valence-corrected chi connectivity index (χ2v) is 5.29. The highest BCUT2D eigenvalue weighted by molar-refractivity contribution is 6.30. The maximum Gasteiger partial charge on any atom is 0.303 e. The predicted molar refractivity (Wildman–Crippen MR) is 86.2 cm³/mol. The summed E-state index contributed by atoms with van der Waals surface area (Å²) >= 11 is 5.88. The lowest BCUT2D eigenvalue weighted by molar-refractivity contribution is -0.144. The third-order valence-electron chi connectivity index (χ3n) is 3.03. The van der Waals surface area contributed by atoms with E-state index in [0.717, 1.165) is 11.1 Å². The molecular weight excluding hydrogens is 284 g/mol. The van der Waals surface area contributed by atoms with Crippen molar-refractivity contribution >= 4 is 23.6 Å². The lowest BCUT2D eigenvalue weighted by atomic mass is 10.1. The van der Waals surface area contributed by atoms with E-state index in [9.17, 15) is 4.79 Å². The van der Waals surface area contributed by atoms with Crippen molar-refractivity contribution in [3.8, 4) is 0 Å². The maximum atomic E-state index is 11.3. The summed E-state index contributed by atoms with van der Waals surface area (Å²) in [4.78, 5) is 11.3. The zero-order valence-electron chi connectivity index (χ0n) is 12.0. The number of rotatable bonds is 4. The highest BCUT2D eigenvalue weighted by Gasteiger charge is 2.11. The van der Waals surface area contributed by atoms with Crippen molar-refractivity contribution in [3.05, 3.63) is 76.3 Å². The van der Waals surface area contributed by atoms with Gasteiger partial charge in [0.2, 0.25) is 0 Å². The van der Waals surface area contributed by atoms with Crippen LogP contribution in [0.4, 0.5) is 0 Å². The summed E-state index contributed by atoms with van der Waals surface area (Å²) in [6.07, 6.45) is 3.40. The molecule has 0 radical (unpaired) electrons. The summed E-state index contributed by atoms with van der Waals surface area (Å²) in [5, 5.41) is 0.655. The Morgan fingerprint density at radius 2 is 1.71 bits per heavy atom. The van der Waals surface area contributed by atoms with Crippen molar-refractivity contribution < 1.29 is 9.53 Å². The smallest absolute Gasteiger partial charge is 0.303 e. The van der Waals surface area contributed by atoms with E-state index >= 15 is 0 Å². The lowest BCUT2D eigenvalue weighted by Gasteiger charge is -2.13. The van der Waals surface area contributed by atoms with Crippen LogP contribution in [0.15, 0.2) is 54.6 Å². The third kappa shape index (κ3) is 4.76. The van der Waals surface area contributed by atoms with Gasteiger partial charge in [0.05, 0.1) is 0 Å². The number of carbonyl (C=O) groups excluding carboxylic acids is 1. The molecule has 0 saturated carbocycles. The van der Waals surface area contributed by atoms with Crippen LogP contribution >= 0.6 is 11.6 Å². The van der Waals surface area contributed by atoms with Crippen LogP contribution in [0.1, 0.15) is 29.7 Å². The highest BCUT2D eigenvalue weighted by atomic mass is 35.5.